The van der Waals surface area contributed by atoms with Crippen LogP contribution in [0.2, 0.25) is 18.6 Å². The largest absolute Gasteiger partial charge is 0.497 e. The van der Waals surface area contributed by atoms with Gasteiger partial charge in [0.2, 0.25) is 5.91 Å². The van der Waals surface area contributed by atoms with E-state index in [0.717, 1.165) is 12.8 Å². The van der Waals surface area contributed by atoms with E-state index in [1.165, 1.54) is 0 Å². The van der Waals surface area contributed by atoms with Gasteiger partial charge >= 0.3 is 0 Å². The van der Waals surface area contributed by atoms with E-state index in [-0.39, 0.29) is 36.8 Å². The topological polar surface area (TPSA) is 129 Å². The number of nitrogens with one attached hydrogen (secondary N) is 1. The number of hydrogen-bond acceptors (Lipinski definition) is 7. The number of likely N-dealkylation sites (tertiary alicyclic amines) is 1. The van der Waals surface area contributed by atoms with Gasteiger partial charge in [0.1, 0.15) is 5.75 Å². The van der Waals surface area contributed by atoms with E-state index in [1.54, 1.807) is 59.4 Å². The molecule has 2 saturated heterocycles. The van der Waals surface area contributed by atoms with Crippen LogP contribution in [0.25, 0.3) is 0 Å². The predicted octanol–water partition coefficient (Wildman–Crippen LogP) is 4.80. The zero-order valence-electron chi connectivity index (χ0n) is 26.6. The molecule has 0 bridgehead atoms. The van der Waals surface area contributed by atoms with Crippen molar-refractivity contribution in [3.05, 3.63) is 83.9 Å². The van der Waals surface area contributed by atoms with Gasteiger partial charge < -0.3 is 29.6 Å². The molecule has 0 aliphatic carbocycles. The third-order valence-corrected chi connectivity index (χ3v) is 12.3. The molecule has 3 heterocycles. The number of amides is 3. The molecule has 1 spiro atoms. The van der Waals surface area contributed by atoms with Gasteiger partial charge in [-0.2, -0.15) is 0 Å². The number of carbonyl (C=O) groups excluding carboxylic acids is 3. The number of methoxy groups -OCH3 is 1. The molecule has 5 atom stereocenters. The number of fused-ring (bicyclic) bond motifs is 2. The third-order valence-electron chi connectivity index (χ3n) is 9.80. The molecule has 3 N–H and O–H groups in total. The van der Waals surface area contributed by atoms with Crippen LogP contribution in [0.1, 0.15) is 42.1 Å². The minimum absolute atomic E-state index is 0.00784. The highest BCUT2D eigenvalue weighted by Gasteiger charge is 2.66. The Bertz CT molecular complexity index is 1630. The van der Waals surface area contributed by atoms with Crippen LogP contribution in [0.5, 0.6) is 5.75 Å². The summed E-state index contributed by atoms with van der Waals surface area (Å²) in [4.78, 5) is 56.6. The van der Waals surface area contributed by atoms with E-state index in [9.17, 15) is 24.3 Å². The van der Waals surface area contributed by atoms with Gasteiger partial charge in [-0.25, -0.2) is 0 Å². The number of benzene rings is 3. The zero-order valence-corrected chi connectivity index (χ0v) is 27.6. The molecule has 3 aromatic rings. The summed E-state index contributed by atoms with van der Waals surface area (Å²) in [6, 6.07) is 21.2. The van der Waals surface area contributed by atoms with Gasteiger partial charge in [-0.05, 0) is 80.5 Å². The van der Waals surface area contributed by atoms with E-state index >= 15 is 0 Å². The van der Waals surface area contributed by atoms with Gasteiger partial charge in [-0.1, -0.05) is 25.1 Å². The van der Waals surface area contributed by atoms with Crippen molar-refractivity contribution in [2.75, 3.05) is 30.5 Å². The number of rotatable bonds is 8. The maximum atomic E-state index is 14.8. The number of hydrogen-bond donors (Lipinski definition) is 3. The molecule has 0 radical (unpaired) electrons. The number of nitrogens with zero attached hydrogens (tertiary/aromatic N) is 2. The lowest BCUT2D eigenvalue weighted by atomic mass is 9.82. The van der Waals surface area contributed by atoms with Crippen LogP contribution in [0, 0.1) is 5.92 Å². The Morgan fingerprint density at radius 2 is 1.80 bits per heavy atom. The summed E-state index contributed by atoms with van der Waals surface area (Å²) in [7, 11) is -1.45. The van der Waals surface area contributed by atoms with E-state index in [4.69, 9.17) is 9.47 Å². The average Bonchev–Trinajstić information content (AvgIpc) is 3.71. The third kappa shape index (κ3) is 5.40. The first-order valence-corrected chi connectivity index (χ1v) is 18.8. The minimum atomic E-state index is -3.02. The quantitative estimate of drug-likeness (QED) is 0.301. The molecule has 3 aromatic carbocycles. The van der Waals surface area contributed by atoms with E-state index in [2.05, 4.69) is 5.32 Å². The standard InChI is InChI=1S/C35H41N3O7Si/c1-22-32(46(3,4)43)30(20-31(40)37-18-8-11-26(37)21-39)45-35(22)28-19-24(36-33(41)23-12-15-27(44-2)16-13-23)14-17-29(28)38(34(35)42)25-9-6-5-7-10-25/h5-7,9-10,12-17,19,22,26,30,32,39,43H,8,11,18,20-21H2,1-4H3,(H,36,41)/t22-,26-,30+,32-,35+/m0/s1. The summed E-state index contributed by atoms with van der Waals surface area (Å²) in [5.74, 6) is -0.627. The van der Waals surface area contributed by atoms with E-state index in [0.29, 0.717) is 40.5 Å². The van der Waals surface area contributed by atoms with Crippen molar-refractivity contribution < 1.29 is 33.8 Å². The van der Waals surface area contributed by atoms with Crippen molar-refractivity contribution in [1.82, 2.24) is 4.90 Å². The maximum Gasteiger partial charge on any atom is 0.268 e. The Labute approximate surface area is 270 Å². The molecular formula is C35H41N3O7Si. The molecule has 6 rings (SSSR count). The zero-order chi connectivity index (χ0) is 32.8. The van der Waals surface area contributed by atoms with Crippen LogP contribution in [0.4, 0.5) is 17.1 Å². The number of aliphatic hydroxyl groups is 1. The molecule has 10 nitrogen and oxygen atoms in total. The average molecular weight is 644 g/mol. The van der Waals surface area contributed by atoms with E-state index in [1.807, 2.05) is 50.3 Å². The first-order valence-electron chi connectivity index (χ1n) is 15.8. The van der Waals surface area contributed by atoms with Gasteiger partial charge in [0, 0.05) is 40.5 Å². The van der Waals surface area contributed by atoms with Crippen LogP contribution in [0.3, 0.4) is 0 Å². The molecule has 0 aromatic heterocycles. The molecule has 0 unspecified atom stereocenters. The number of para-hydroxylation sites is 1. The van der Waals surface area contributed by atoms with Gasteiger partial charge in [0.05, 0.1) is 38.0 Å². The minimum Gasteiger partial charge on any atom is -0.497 e. The fourth-order valence-corrected chi connectivity index (χ4v) is 10.3. The fourth-order valence-electron chi connectivity index (χ4n) is 7.70. The molecule has 2 fully saturated rings. The fraction of sp³-hybridized carbons (Fsp3) is 0.400. The normalized spacial score (nSPS) is 25.7. The summed E-state index contributed by atoms with van der Waals surface area (Å²) in [5, 5.41) is 12.8. The maximum absolute atomic E-state index is 14.8. The SMILES string of the molecule is COc1ccc(C(=O)Nc2ccc3c(c2)[C@@]2(O[C@H](CC(=O)N4CCC[C@H]4CO)[C@@H]([Si](C)(C)O)[C@@H]2C)C(=O)N3c2ccccc2)cc1. The van der Waals surface area contributed by atoms with Crippen LogP contribution >= 0.6 is 0 Å². The van der Waals surface area contributed by atoms with Crippen LogP contribution in [-0.4, -0.2) is 73.2 Å². The molecule has 3 aliphatic heterocycles. The van der Waals surface area contributed by atoms with Gasteiger partial charge in [-0.15, -0.1) is 0 Å². The second-order valence-electron chi connectivity index (χ2n) is 13.0. The van der Waals surface area contributed by atoms with Crippen molar-refractivity contribution in [3.8, 4) is 5.75 Å². The molecular weight excluding hydrogens is 602 g/mol. The Hall–Kier alpha value is -4.03. The monoisotopic (exact) mass is 643 g/mol. The first-order chi connectivity index (χ1) is 22.0. The summed E-state index contributed by atoms with van der Waals surface area (Å²) in [5.41, 5.74) is 0.834. The summed E-state index contributed by atoms with van der Waals surface area (Å²) in [6.07, 6.45) is 0.821. The van der Waals surface area contributed by atoms with Crippen molar-refractivity contribution >= 4 is 43.1 Å². The highest BCUT2D eigenvalue weighted by molar-refractivity contribution is 6.71. The molecule has 242 valence electrons. The second-order valence-corrected chi connectivity index (χ2v) is 17.0. The lowest BCUT2D eigenvalue weighted by molar-refractivity contribution is -0.149. The van der Waals surface area contributed by atoms with Crippen LogP contribution in [-0.2, 0) is 19.9 Å². The Morgan fingerprint density at radius 3 is 2.46 bits per heavy atom. The molecule has 46 heavy (non-hydrogen) atoms. The lowest BCUT2D eigenvalue weighted by Crippen LogP contribution is -2.45. The first kappa shape index (κ1) is 31.9. The predicted molar refractivity (Wildman–Crippen MR) is 177 cm³/mol. The van der Waals surface area contributed by atoms with E-state index < -0.39 is 31.5 Å². The number of carbonyl (C=O) groups is 3. The van der Waals surface area contributed by atoms with Crippen molar-refractivity contribution in [1.29, 1.82) is 0 Å². The van der Waals surface area contributed by atoms with Gasteiger partial charge in [0.15, 0.2) is 13.9 Å². The lowest BCUT2D eigenvalue weighted by Gasteiger charge is -2.33. The molecule has 3 aliphatic rings. The molecule has 3 amide bonds. The highest BCUT2D eigenvalue weighted by Crippen LogP contribution is 2.61. The summed E-state index contributed by atoms with van der Waals surface area (Å²) >= 11 is 0. The van der Waals surface area contributed by atoms with Crippen molar-refractivity contribution in [3.63, 3.8) is 0 Å². The number of aliphatic hydroxyl groups excluding tert-OH is 1. The summed E-state index contributed by atoms with van der Waals surface area (Å²) in [6.45, 7) is 6.01. The van der Waals surface area contributed by atoms with Gasteiger partial charge in [-0.3, -0.25) is 19.3 Å². The van der Waals surface area contributed by atoms with Crippen molar-refractivity contribution in [2.24, 2.45) is 5.92 Å². The molecule has 11 heteroatoms. The second kappa shape index (κ2) is 12.3. The van der Waals surface area contributed by atoms with Crippen LogP contribution in [0.15, 0.2) is 72.8 Å². The smallest absolute Gasteiger partial charge is 0.268 e. The Kier molecular flexibility index (Phi) is 8.53. The Balaban J connectivity index is 1.41. The number of ether oxygens (including phenoxy) is 2. The van der Waals surface area contributed by atoms with Gasteiger partial charge in [0.25, 0.3) is 11.8 Å². The summed E-state index contributed by atoms with van der Waals surface area (Å²) < 4.78 is 12.1. The van der Waals surface area contributed by atoms with Crippen molar-refractivity contribution in [2.45, 2.75) is 62.6 Å². The number of anilines is 3. The molecule has 0 saturated carbocycles. The highest BCUT2D eigenvalue weighted by atomic mass is 28.4. The Morgan fingerprint density at radius 1 is 1.09 bits per heavy atom. The van der Waals surface area contributed by atoms with Crippen LogP contribution < -0.4 is 15.0 Å².